The van der Waals surface area contributed by atoms with Crippen LogP contribution in [0.25, 0.3) is 10.9 Å². The number of hydrogen-bond acceptors (Lipinski definition) is 3. The van der Waals surface area contributed by atoms with Gasteiger partial charge >= 0.3 is 0 Å². The van der Waals surface area contributed by atoms with Crippen LogP contribution >= 0.6 is 23.8 Å². The first-order valence-electron chi connectivity index (χ1n) is 9.54. The van der Waals surface area contributed by atoms with Gasteiger partial charge in [-0.3, -0.25) is 14.2 Å². The van der Waals surface area contributed by atoms with E-state index in [-0.39, 0.29) is 11.5 Å². The maximum Gasteiger partial charge on any atom is 0.262 e. The summed E-state index contributed by atoms with van der Waals surface area (Å²) in [6.07, 6.45) is 0. The Morgan fingerprint density at radius 2 is 1.86 bits per heavy atom. The van der Waals surface area contributed by atoms with Gasteiger partial charge in [-0.05, 0) is 48.1 Å². The third kappa shape index (κ3) is 4.12. The summed E-state index contributed by atoms with van der Waals surface area (Å²) in [6.45, 7) is 3.71. The highest BCUT2D eigenvalue weighted by Crippen LogP contribution is 2.15. The molecule has 1 aromatic heterocycles. The van der Waals surface area contributed by atoms with E-state index in [9.17, 15) is 9.59 Å². The molecule has 8 heteroatoms. The number of amides is 1. The molecular weight excluding hydrogens is 408 g/mol. The molecule has 29 heavy (non-hydrogen) atoms. The molecule has 0 saturated carbocycles. The van der Waals surface area contributed by atoms with Gasteiger partial charge in [-0.25, -0.2) is 0 Å². The Hall–Kier alpha value is -2.48. The number of aromatic nitrogens is 2. The second kappa shape index (κ2) is 8.10. The lowest BCUT2D eigenvalue weighted by Gasteiger charge is -2.30. The summed E-state index contributed by atoms with van der Waals surface area (Å²) in [5, 5.41) is 1.15. The van der Waals surface area contributed by atoms with Crippen molar-refractivity contribution in [3.63, 3.8) is 0 Å². The average molecular weight is 430 g/mol. The number of carbonyl (C=O) groups is 1. The van der Waals surface area contributed by atoms with Gasteiger partial charge < -0.3 is 14.8 Å². The predicted octanol–water partition coefficient (Wildman–Crippen LogP) is 1.73. The fraction of sp³-hybridized carbons (Fsp3) is 0.286. The molecule has 1 aliphatic heterocycles. The van der Waals surface area contributed by atoms with E-state index in [4.69, 9.17) is 23.8 Å². The van der Waals surface area contributed by atoms with E-state index in [2.05, 4.69) is 12.0 Å². The van der Waals surface area contributed by atoms with E-state index in [0.717, 1.165) is 31.7 Å². The topological polar surface area (TPSA) is 62.5 Å². The predicted molar refractivity (Wildman–Crippen MR) is 116 cm³/mol. The number of carbonyl (C=O) groups excluding carboxylic acids is 1. The summed E-state index contributed by atoms with van der Waals surface area (Å²) in [6, 6.07) is 12.5. The van der Waals surface area contributed by atoms with Crippen molar-refractivity contribution in [3.8, 4) is 0 Å². The summed E-state index contributed by atoms with van der Waals surface area (Å²) >= 11 is 11.4. The fourth-order valence-electron chi connectivity index (χ4n) is 3.58. The Bertz CT molecular complexity index is 1180. The first-order valence-corrected chi connectivity index (χ1v) is 10.3. The van der Waals surface area contributed by atoms with Crippen LogP contribution in [0, 0.1) is 4.77 Å². The Morgan fingerprint density at radius 1 is 1.17 bits per heavy atom. The van der Waals surface area contributed by atoms with Crippen LogP contribution in [0.3, 0.4) is 0 Å². The summed E-state index contributed by atoms with van der Waals surface area (Å²) in [4.78, 5) is 32.2. The quantitative estimate of drug-likeness (QED) is 0.623. The molecule has 6 nitrogen and oxygen atoms in total. The standard InChI is InChI=1S/C21H21ClN4O2S/c1-24-8-10-25(11-9-24)19(27)15-4-7-17-18(12-15)23-21(29)26(20(17)28)13-14-2-5-16(22)6-3-14/h2-7,12H,8-11,13H2,1H3,(H,23,29)/p+1. The van der Waals surface area contributed by atoms with Gasteiger partial charge in [0.25, 0.3) is 11.5 Å². The molecule has 3 aromatic rings. The zero-order valence-electron chi connectivity index (χ0n) is 16.1. The minimum atomic E-state index is -0.180. The molecule has 0 atom stereocenters. The second-order valence-electron chi connectivity index (χ2n) is 7.46. The van der Waals surface area contributed by atoms with Crippen LogP contribution in [-0.4, -0.2) is 53.6 Å². The van der Waals surface area contributed by atoms with Gasteiger partial charge in [0.15, 0.2) is 4.77 Å². The molecule has 2 aromatic carbocycles. The third-order valence-corrected chi connectivity index (χ3v) is 5.96. The molecule has 1 saturated heterocycles. The van der Waals surface area contributed by atoms with Crippen molar-refractivity contribution in [3.05, 3.63) is 73.7 Å². The van der Waals surface area contributed by atoms with Crippen molar-refractivity contribution in [2.45, 2.75) is 6.54 Å². The van der Waals surface area contributed by atoms with Crippen LogP contribution in [0.1, 0.15) is 15.9 Å². The van der Waals surface area contributed by atoms with E-state index in [1.165, 1.54) is 9.47 Å². The van der Waals surface area contributed by atoms with Gasteiger partial charge in [0.05, 0.1) is 50.7 Å². The van der Waals surface area contributed by atoms with Crippen LogP contribution < -0.4 is 10.5 Å². The number of halogens is 1. The highest BCUT2D eigenvalue weighted by Gasteiger charge is 2.22. The van der Waals surface area contributed by atoms with Gasteiger partial charge in [0, 0.05) is 10.6 Å². The molecule has 1 fully saturated rings. The van der Waals surface area contributed by atoms with Crippen molar-refractivity contribution in [1.82, 2.24) is 14.5 Å². The molecule has 0 bridgehead atoms. The number of quaternary nitrogens is 1. The van der Waals surface area contributed by atoms with E-state index in [0.29, 0.717) is 32.8 Å². The number of aromatic amines is 1. The minimum absolute atomic E-state index is 0.0101. The largest absolute Gasteiger partial charge is 0.334 e. The number of nitrogens with one attached hydrogen (secondary N) is 2. The lowest BCUT2D eigenvalue weighted by molar-refractivity contribution is -0.883. The average Bonchev–Trinajstić information content (AvgIpc) is 2.72. The van der Waals surface area contributed by atoms with Crippen molar-refractivity contribution in [2.24, 2.45) is 0 Å². The molecule has 2 N–H and O–H groups in total. The third-order valence-electron chi connectivity index (χ3n) is 5.39. The molecule has 150 valence electrons. The van der Waals surface area contributed by atoms with Crippen LogP contribution in [0.15, 0.2) is 47.3 Å². The first-order chi connectivity index (χ1) is 13.9. The molecular formula is C21H22ClN4O2S+. The summed E-state index contributed by atoms with van der Waals surface area (Å²) in [7, 11) is 2.13. The van der Waals surface area contributed by atoms with E-state index in [1.54, 1.807) is 30.3 Å². The zero-order valence-corrected chi connectivity index (χ0v) is 17.6. The first kappa shape index (κ1) is 19.8. The van der Waals surface area contributed by atoms with Crippen molar-refractivity contribution < 1.29 is 9.69 Å². The maximum absolute atomic E-state index is 13.0. The maximum atomic E-state index is 13.0. The monoisotopic (exact) mass is 429 g/mol. The molecule has 1 aliphatic rings. The Morgan fingerprint density at radius 3 is 2.55 bits per heavy atom. The van der Waals surface area contributed by atoms with Crippen LogP contribution in [-0.2, 0) is 6.54 Å². The zero-order chi connectivity index (χ0) is 20.5. The molecule has 0 aliphatic carbocycles. The van der Waals surface area contributed by atoms with Gasteiger partial charge in [0.2, 0.25) is 0 Å². The summed E-state index contributed by atoms with van der Waals surface area (Å²) < 4.78 is 1.84. The van der Waals surface area contributed by atoms with Crippen LogP contribution in [0.4, 0.5) is 0 Å². The van der Waals surface area contributed by atoms with E-state index < -0.39 is 0 Å². The molecule has 1 amide bonds. The number of fused-ring (bicyclic) bond motifs is 1. The lowest BCUT2D eigenvalue weighted by Crippen LogP contribution is -3.12. The number of benzene rings is 2. The summed E-state index contributed by atoms with van der Waals surface area (Å²) in [5.74, 6) is -0.0101. The van der Waals surface area contributed by atoms with Crippen molar-refractivity contribution in [2.75, 3.05) is 33.2 Å². The molecule has 0 radical (unpaired) electrons. The Labute approximate surface area is 178 Å². The van der Waals surface area contributed by atoms with Gasteiger partial charge in [-0.2, -0.15) is 0 Å². The van der Waals surface area contributed by atoms with Gasteiger partial charge in [0.1, 0.15) is 0 Å². The molecule has 2 heterocycles. The van der Waals surface area contributed by atoms with Crippen molar-refractivity contribution >= 4 is 40.6 Å². The minimum Gasteiger partial charge on any atom is -0.334 e. The second-order valence-corrected chi connectivity index (χ2v) is 8.28. The Balaban J connectivity index is 1.66. The van der Waals surface area contributed by atoms with Crippen LogP contribution in [0.2, 0.25) is 5.02 Å². The number of H-pyrrole nitrogens is 1. The highest BCUT2D eigenvalue weighted by molar-refractivity contribution is 7.71. The summed E-state index contributed by atoms with van der Waals surface area (Å²) in [5.41, 5.74) is 1.90. The molecule has 4 rings (SSSR count). The normalized spacial score (nSPS) is 15.0. The lowest BCUT2D eigenvalue weighted by atomic mass is 10.1. The number of likely N-dealkylation sites (N-methyl/N-ethyl adjacent to an activating group) is 1. The van der Waals surface area contributed by atoms with E-state index >= 15 is 0 Å². The Kier molecular flexibility index (Phi) is 5.54. The van der Waals surface area contributed by atoms with Gasteiger partial charge in [-0.1, -0.05) is 23.7 Å². The number of piperazine rings is 1. The van der Waals surface area contributed by atoms with Crippen LogP contribution in [0.5, 0.6) is 0 Å². The number of rotatable bonds is 3. The van der Waals surface area contributed by atoms with E-state index in [1.807, 2.05) is 17.0 Å². The molecule has 0 unspecified atom stereocenters. The SMILES string of the molecule is C[NH+]1CCN(C(=O)c2ccc3c(=O)n(Cc4ccc(Cl)cc4)c(=S)[nH]c3c2)CC1. The smallest absolute Gasteiger partial charge is 0.262 e. The highest BCUT2D eigenvalue weighted by atomic mass is 35.5. The number of hydrogen-bond donors (Lipinski definition) is 2. The fourth-order valence-corrected chi connectivity index (χ4v) is 3.96. The van der Waals surface area contributed by atoms with Crippen molar-refractivity contribution in [1.29, 1.82) is 0 Å². The number of nitrogens with zero attached hydrogens (tertiary/aromatic N) is 2. The molecule has 0 spiro atoms. The van der Waals surface area contributed by atoms with Gasteiger partial charge in [-0.15, -0.1) is 0 Å².